The summed E-state index contributed by atoms with van der Waals surface area (Å²) >= 11 is 0. The molecule has 0 saturated carbocycles. The Morgan fingerprint density at radius 1 is 0.485 bits per heavy atom. The zero-order valence-corrected chi connectivity index (χ0v) is 14.7. The Bertz CT molecular complexity index is 696. The van der Waals surface area contributed by atoms with Crippen molar-refractivity contribution in [1.29, 1.82) is 0 Å². The van der Waals surface area contributed by atoms with Crippen LogP contribution in [-0.4, -0.2) is 59.3 Å². The molecule has 0 atom stereocenters. The van der Waals surface area contributed by atoms with E-state index in [0.29, 0.717) is 0 Å². The summed E-state index contributed by atoms with van der Waals surface area (Å²) in [5.74, 6) is -65.1. The number of aliphatic hydroxyl groups is 1. The molecule has 0 fully saturated rings. The van der Waals surface area contributed by atoms with E-state index in [9.17, 15) is 87.8 Å². The molecule has 0 aromatic heterocycles. The van der Waals surface area contributed by atoms with Gasteiger partial charge in [0.05, 0.1) is 0 Å². The molecule has 0 aliphatic rings. The van der Waals surface area contributed by atoms with Crippen LogP contribution in [0.4, 0.5) is 87.8 Å². The van der Waals surface area contributed by atoms with E-state index in [1.807, 2.05) is 0 Å². The van der Waals surface area contributed by atoms with Crippen LogP contribution in [0.25, 0.3) is 0 Å². The highest BCUT2D eigenvalue weighted by Crippen LogP contribution is 2.64. The standard InChI is InChI=1S/C10F20.C2H6O/c11-1(2(12)13)3(14,15)4(16,17)5(18,19)6(20,21)7(22,23)8(24,25)9(26,27)10(28,29)30;1-2-3/h;3H,2H2,1H3. The van der Waals surface area contributed by atoms with Crippen molar-refractivity contribution in [2.75, 3.05) is 6.61 Å². The average molecular weight is 546 g/mol. The predicted molar refractivity (Wildman–Crippen MR) is 63.8 cm³/mol. The normalized spacial score (nSPS) is 15.1. The van der Waals surface area contributed by atoms with Crippen LogP contribution in [0, 0.1) is 0 Å². The highest BCUT2D eigenvalue weighted by atomic mass is 19.4. The zero-order chi connectivity index (χ0) is 27.9. The van der Waals surface area contributed by atoms with Gasteiger partial charge in [-0.2, -0.15) is 87.8 Å². The van der Waals surface area contributed by atoms with Gasteiger partial charge >= 0.3 is 53.7 Å². The number of allylic oxidation sites excluding steroid dienone is 1. The summed E-state index contributed by atoms with van der Waals surface area (Å²) < 4.78 is 251. The first-order valence-electron chi connectivity index (χ1n) is 7.05. The maximum atomic E-state index is 13.1. The second-order valence-electron chi connectivity index (χ2n) is 5.41. The maximum Gasteiger partial charge on any atom is 0.460 e. The summed E-state index contributed by atoms with van der Waals surface area (Å²) in [6.07, 6.45) is -12.5. The number of rotatable bonds is 7. The molecule has 0 aromatic carbocycles. The molecular weight excluding hydrogens is 540 g/mol. The third-order valence-corrected chi connectivity index (χ3v) is 3.16. The summed E-state index contributed by atoms with van der Waals surface area (Å²) in [4.78, 5) is 0. The molecule has 0 rings (SSSR count). The molecule has 21 heteroatoms. The van der Waals surface area contributed by atoms with Crippen LogP contribution in [-0.2, 0) is 0 Å². The van der Waals surface area contributed by atoms with Gasteiger partial charge in [0.25, 0.3) is 0 Å². The number of hydrogen-bond donors (Lipinski definition) is 1. The highest BCUT2D eigenvalue weighted by molar-refractivity contribution is 5.20. The first kappa shape index (κ1) is 33.5. The minimum Gasteiger partial charge on any atom is -0.397 e. The molecule has 0 bridgehead atoms. The number of hydrogen-bond acceptors (Lipinski definition) is 1. The van der Waals surface area contributed by atoms with Crippen LogP contribution in [0.15, 0.2) is 11.9 Å². The van der Waals surface area contributed by atoms with Gasteiger partial charge in [-0.3, -0.25) is 0 Å². The topological polar surface area (TPSA) is 20.2 Å². The van der Waals surface area contributed by atoms with Crippen LogP contribution >= 0.6 is 0 Å². The van der Waals surface area contributed by atoms with Crippen molar-refractivity contribution in [2.45, 2.75) is 54.6 Å². The van der Waals surface area contributed by atoms with Crippen LogP contribution < -0.4 is 0 Å². The monoisotopic (exact) mass is 546 g/mol. The minimum absolute atomic E-state index is 0.250. The highest BCUT2D eigenvalue weighted by Gasteiger charge is 2.95. The molecule has 0 unspecified atom stereocenters. The summed E-state index contributed by atoms with van der Waals surface area (Å²) in [5.41, 5.74) is 0. The molecule has 0 amide bonds. The lowest BCUT2D eigenvalue weighted by Crippen LogP contribution is -2.74. The van der Waals surface area contributed by atoms with Crippen LogP contribution in [0.3, 0.4) is 0 Å². The molecule has 0 saturated heterocycles. The van der Waals surface area contributed by atoms with Crippen LogP contribution in [0.2, 0.25) is 0 Å². The summed E-state index contributed by atoms with van der Waals surface area (Å²) in [6, 6.07) is 0. The van der Waals surface area contributed by atoms with Crippen molar-refractivity contribution in [1.82, 2.24) is 0 Å². The molecule has 0 spiro atoms. The Labute approximate surface area is 167 Å². The third-order valence-electron chi connectivity index (χ3n) is 3.16. The fraction of sp³-hybridized carbons (Fsp3) is 0.833. The third kappa shape index (κ3) is 4.77. The number of halogens is 20. The van der Waals surface area contributed by atoms with Crippen molar-refractivity contribution < 1.29 is 92.9 Å². The van der Waals surface area contributed by atoms with Crippen molar-refractivity contribution in [3.05, 3.63) is 11.9 Å². The van der Waals surface area contributed by atoms with E-state index in [4.69, 9.17) is 5.11 Å². The van der Waals surface area contributed by atoms with Gasteiger partial charge in [-0.15, -0.1) is 0 Å². The van der Waals surface area contributed by atoms with E-state index in [1.165, 1.54) is 0 Å². The van der Waals surface area contributed by atoms with Crippen molar-refractivity contribution >= 4 is 0 Å². The molecule has 0 radical (unpaired) electrons. The second kappa shape index (κ2) is 9.16. The van der Waals surface area contributed by atoms with Gasteiger partial charge < -0.3 is 5.11 Å². The van der Waals surface area contributed by atoms with Crippen molar-refractivity contribution in [3.63, 3.8) is 0 Å². The van der Waals surface area contributed by atoms with E-state index in [0.717, 1.165) is 0 Å². The van der Waals surface area contributed by atoms with Gasteiger partial charge in [-0.25, -0.2) is 0 Å². The lowest BCUT2D eigenvalue weighted by Gasteiger charge is -2.42. The van der Waals surface area contributed by atoms with E-state index < -0.39 is 59.5 Å². The summed E-state index contributed by atoms with van der Waals surface area (Å²) in [7, 11) is 0. The number of aliphatic hydroxyl groups excluding tert-OH is 1. The van der Waals surface area contributed by atoms with Gasteiger partial charge in [0, 0.05) is 6.61 Å². The lowest BCUT2D eigenvalue weighted by atomic mass is 9.89. The fourth-order valence-corrected chi connectivity index (χ4v) is 1.42. The molecule has 0 aliphatic carbocycles. The summed E-state index contributed by atoms with van der Waals surface area (Å²) in [6.45, 7) is 1.93. The van der Waals surface area contributed by atoms with Crippen molar-refractivity contribution in [3.8, 4) is 0 Å². The summed E-state index contributed by atoms with van der Waals surface area (Å²) in [5, 5.41) is 7.57. The largest absolute Gasteiger partial charge is 0.460 e. The first-order valence-corrected chi connectivity index (χ1v) is 7.05. The Kier molecular flexibility index (Phi) is 9.29. The molecule has 1 nitrogen and oxygen atoms in total. The maximum absolute atomic E-state index is 13.1. The van der Waals surface area contributed by atoms with Gasteiger partial charge in [-0.1, -0.05) is 0 Å². The van der Waals surface area contributed by atoms with Gasteiger partial charge in [0.2, 0.25) is 5.83 Å². The van der Waals surface area contributed by atoms with Crippen LogP contribution in [0.1, 0.15) is 6.92 Å². The average Bonchev–Trinajstić information content (AvgIpc) is 2.59. The smallest absolute Gasteiger partial charge is 0.397 e. The Hall–Kier alpha value is -1.70. The Morgan fingerprint density at radius 2 is 0.697 bits per heavy atom. The minimum atomic E-state index is -8.95. The quantitative estimate of drug-likeness (QED) is 0.339. The van der Waals surface area contributed by atoms with Gasteiger partial charge in [-0.05, 0) is 6.92 Å². The van der Waals surface area contributed by atoms with E-state index in [-0.39, 0.29) is 6.61 Å². The SMILES string of the molecule is CCO.FC(F)=C(F)C(F)(F)C(F)(F)C(F)(F)C(F)(F)C(F)(F)C(F)(F)C(F)(F)C(F)(F)F. The van der Waals surface area contributed by atoms with E-state index >= 15 is 0 Å². The van der Waals surface area contributed by atoms with Crippen LogP contribution in [0.5, 0.6) is 0 Å². The lowest BCUT2D eigenvalue weighted by molar-refractivity contribution is -0.460. The molecule has 0 aliphatic heterocycles. The number of alkyl halides is 17. The van der Waals surface area contributed by atoms with E-state index in [1.54, 1.807) is 6.92 Å². The first-order chi connectivity index (χ1) is 14.0. The Morgan fingerprint density at radius 3 is 0.909 bits per heavy atom. The molecule has 1 N–H and O–H groups in total. The van der Waals surface area contributed by atoms with Crippen molar-refractivity contribution in [2.24, 2.45) is 0 Å². The molecular formula is C12H6F20O. The molecule has 0 aromatic rings. The molecule has 200 valence electrons. The molecule has 33 heavy (non-hydrogen) atoms. The van der Waals surface area contributed by atoms with Gasteiger partial charge in [0.15, 0.2) is 0 Å². The fourth-order valence-electron chi connectivity index (χ4n) is 1.42. The second-order valence-corrected chi connectivity index (χ2v) is 5.41. The molecule has 0 heterocycles. The predicted octanol–water partition coefficient (Wildman–Crippen LogP) is 7.07. The zero-order valence-electron chi connectivity index (χ0n) is 14.7. The van der Waals surface area contributed by atoms with Gasteiger partial charge in [0.1, 0.15) is 0 Å². The Balaban J connectivity index is 0. The van der Waals surface area contributed by atoms with E-state index in [2.05, 4.69) is 0 Å².